The van der Waals surface area contributed by atoms with E-state index in [4.69, 9.17) is 4.74 Å². The lowest BCUT2D eigenvalue weighted by Gasteiger charge is -2.31. The Kier molecular flexibility index (Phi) is 8.23. The van der Waals surface area contributed by atoms with E-state index < -0.39 is 0 Å². The van der Waals surface area contributed by atoms with E-state index in [1.807, 2.05) is 7.05 Å². The molecule has 1 N–H and O–H groups in total. The van der Waals surface area contributed by atoms with Gasteiger partial charge in [0.2, 0.25) is 0 Å². The van der Waals surface area contributed by atoms with Crippen molar-refractivity contribution in [3.63, 3.8) is 0 Å². The van der Waals surface area contributed by atoms with Gasteiger partial charge < -0.3 is 15.0 Å². The molecule has 3 nitrogen and oxygen atoms in total. The molecule has 1 saturated carbocycles. The van der Waals surface area contributed by atoms with Crippen LogP contribution in [0.1, 0.15) is 32.1 Å². The van der Waals surface area contributed by atoms with Crippen molar-refractivity contribution in [1.82, 2.24) is 10.2 Å². The second kappa shape index (κ2) is 9.13. The van der Waals surface area contributed by atoms with Gasteiger partial charge in [-0.05, 0) is 70.6 Å². The predicted molar refractivity (Wildman–Crippen MR) is 78.5 cm³/mol. The minimum absolute atomic E-state index is 0. The minimum atomic E-state index is 0. The topological polar surface area (TPSA) is 24.5 Å². The number of likely N-dealkylation sites (tertiary alicyclic amines) is 1. The summed E-state index contributed by atoms with van der Waals surface area (Å²) in [6, 6.07) is 0. The van der Waals surface area contributed by atoms with Gasteiger partial charge in [0.05, 0.1) is 6.61 Å². The summed E-state index contributed by atoms with van der Waals surface area (Å²) in [7, 11) is 2.05. The van der Waals surface area contributed by atoms with Crippen LogP contribution in [0.4, 0.5) is 0 Å². The number of nitrogens with zero attached hydrogens (tertiary/aromatic N) is 1. The zero-order valence-corrected chi connectivity index (χ0v) is 12.5. The molecule has 1 saturated heterocycles. The second-order valence-corrected chi connectivity index (χ2v) is 5.70. The van der Waals surface area contributed by atoms with Gasteiger partial charge in [-0.15, -0.1) is 12.4 Å². The first-order valence-electron chi connectivity index (χ1n) is 7.33. The van der Waals surface area contributed by atoms with Crippen LogP contribution in [0, 0.1) is 11.8 Å². The van der Waals surface area contributed by atoms with Crippen LogP contribution in [0.5, 0.6) is 0 Å². The summed E-state index contributed by atoms with van der Waals surface area (Å²) < 4.78 is 5.70. The summed E-state index contributed by atoms with van der Waals surface area (Å²) in [5, 5.41) is 3.25. The van der Waals surface area contributed by atoms with E-state index in [0.29, 0.717) is 0 Å². The number of hydrogen-bond acceptors (Lipinski definition) is 3. The zero-order valence-electron chi connectivity index (χ0n) is 11.7. The fourth-order valence-electron chi connectivity index (χ4n) is 2.58. The average molecular weight is 277 g/mol. The van der Waals surface area contributed by atoms with E-state index in [-0.39, 0.29) is 12.4 Å². The summed E-state index contributed by atoms with van der Waals surface area (Å²) in [5.41, 5.74) is 0. The highest BCUT2D eigenvalue weighted by atomic mass is 35.5. The molecular weight excluding hydrogens is 248 g/mol. The van der Waals surface area contributed by atoms with Crippen molar-refractivity contribution in [1.29, 1.82) is 0 Å². The van der Waals surface area contributed by atoms with Crippen molar-refractivity contribution in [2.24, 2.45) is 11.8 Å². The van der Waals surface area contributed by atoms with Crippen LogP contribution >= 0.6 is 12.4 Å². The smallest absolute Gasteiger partial charge is 0.0593 e. The van der Waals surface area contributed by atoms with Crippen LogP contribution in [0.2, 0.25) is 0 Å². The van der Waals surface area contributed by atoms with Gasteiger partial charge in [-0.1, -0.05) is 0 Å². The van der Waals surface area contributed by atoms with Gasteiger partial charge in [0.1, 0.15) is 0 Å². The monoisotopic (exact) mass is 276 g/mol. The third-order valence-corrected chi connectivity index (χ3v) is 4.11. The largest absolute Gasteiger partial charge is 0.380 e. The van der Waals surface area contributed by atoms with Gasteiger partial charge in [-0.3, -0.25) is 0 Å². The quantitative estimate of drug-likeness (QED) is 0.688. The molecule has 2 fully saturated rings. The van der Waals surface area contributed by atoms with Crippen molar-refractivity contribution in [2.75, 3.05) is 46.4 Å². The molecule has 4 heteroatoms. The first-order chi connectivity index (χ1) is 8.38. The predicted octanol–water partition coefficient (Wildman–Crippen LogP) is 2.16. The van der Waals surface area contributed by atoms with Crippen LogP contribution in [0.3, 0.4) is 0 Å². The standard InChI is InChI=1S/C14H28N2O.ClH/c1-15-7-4-13-5-8-16(9-6-13)10-11-17-12-14-2-3-14;/h13-15H,2-12H2,1H3;1H. The Morgan fingerprint density at radius 1 is 1.11 bits per heavy atom. The molecule has 0 spiro atoms. The van der Waals surface area contributed by atoms with Gasteiger partial charge >= 0.3 is 0 Å². The van der Waals surface area contributed by atoms with E-state index in [9.17, 15) is 0 Å². The molecule has 0 bridgehead atoms. The number of nitrogens with one attached hydrogen (secondary N) is 1. The minimum Gasteiger partial charge on any atom is -0.380 e. The van der Waals surface area contributed by atoms with Crippen LogP contribution in [0.15, 0.2) is 0 Å². The normalized spacial score (nSPS) is 21.8. The fraction of sp³-hybridized carbons (Fsp3) is 1.00. The summed E-state index contributed by atoms with van der Waals surface area (Å²) >= 11 is 0. The molecule has 1 aliphatic carbocycles. The maximum absolute atomic E-state index is 5.70. The molecule has 0 atom stereocenters. The molecule has 0 aromatic rings. The fourth-order valence-corrected chi connectivity index (χ4v) is 2.58. The first-order valence-corrected chi connectivity index (χ1v) is 7.33. The molecule has 2 rings (SSSR count). The molecule has 0 radical (unpaired) electrons. The molecule has 0 aromatic heterocycles. The van der Waals surface area contributed by atoms with Crippen LogP contribution in [-0.2, 0) is 4.74 Å². The molecule has 1 heterocycles. The highest BCUT2D eigenvalue weighted by molar-refractivity contribution is 5.85. The van der Waals surface area contributed by atoms with Gasteiger partial charge in [0.25, 0.3) is 0 Å². The first kappa shape index (κ1) is 16.2. The van der Waals surface area contributed by atoms with Gasteiger partial charge in [-0.2, -0.15) is 0 Å². The molecule has 0 aromatic carbocycles. The average Bonchev–Trinajstić information content (AvgIpc) is 3.18. The second-order valence-electron chi connectivity index (χ2n) is 5.70. The van der Waals surface area contributed by atoms with E-state index in [2.05, 4.69) is 10.2 Å². The third kappa shape index (κ3) is 6.37. The number of hydrogen-bond donors (Lipinski definition) is 1. The summed E-state index contributed by atoms with van der Waals surface area (Å²) in [4.78, 5) is 2.57. The van der Waals surface area contributed by atoms with E-state index in [1.54, 1.807) is 0 Å². The van der Waals surface area contributed by atoms with E-state index in [1.165, 1.54) is 51.7 Å². The molecule has 2 aliphatic rings. The van der Waals surface area contributed by atoms with Crippen LogP contribution < -0.4 is 5.32 Å². The van der Waals surface area contributed by atoms with Gasteiger partial charge in [-0.25, -0.2) is 0 Å². The number of halogens is 1. The van der Waals surface area contributed by atoms with Crippen molar-refractivity contribution in [3.05, 3.63) is 0 Å². The highest BCUT2D eigenvalue weighted by Crippen LogP contribution is 2.28. The summed E-state index contributed by atoms with van der Waals surface area (Å²) in [6.07, 6.45) is 6.91. The Bertz CT molecular complexity index is 204. The maximum Gasteiger partial charge on any atom is 0.0593 e. The molecular formula is C14H29ClN2O. The molecule has 0 unspecified atom stereocenters. The lowest BCUT2D eigenvalue weighted by Crippen LogP contribution is -2.36. The Balaban J connectivity index is 0.00000162. The van der Waals surface area contributed by atoms with Crippen molar-refractivity contribution in [2.45, 2.75) is 32.1 Å². The Labute approximate surface area is 118 Å². The lowest BCUT2D eigenvalue weighted by molar-refractivity contribution is 0.0819. The summed E-state index contributed by atoms with van der Waals surface area (Å²) in [5.74, 6) is 1.85. The third-order valence-electron chi connectivity index (χ3n) is 4.11. The number of rotatable bonds is 8. The van der Waals surface area contributed by atoms with E-state index >= 15 is 0 Å². The Morgan fingerprint density at radius 2 is 1.83 bits per heavy atom. The highest BCUT2D eigenvalue weighted by Gasteiger charge is 2.22. The van der Waals surface area contributed by atoms with Crippen LogP contribution in [-0.4, -0.2) is 51.3 Å². The van der Waals surface area contributed by atoms with Crippen molar-refractivity contribution in [3.8, 4) is 0 Å². The Morgan fingerprint density at radius 3 is 2.44 bits per heavy atom. The summed E-state index contributed by atoms with van der Waals surface area (Å²) in [6.45, 7) is 6.83. The van der Waals surface area contributed by atoms with Crippen molar-refractivity contribution >= 4 is 12.4 Å². The van der Waals surface area contributed by atoms with Gasteiger partial charge in [0, 0.05) is 13.2 Å². The van der Waals surface area contributed by atoms with Gasteiger partial charge in [0.15, 0.2) is 0 Å². The zero-order chi connectivity index (χ0) is 11.9. The maximum atomic E-state index is 5.70. The molecule has 18 heavy (non-hydrogen) atoms. The number of ether oxygens (including phenoxy) is 1. The molecule has 0 amide bonds. The van der Waals surface area contributed by atoms with Crippen LogP contribution in [0.25, 0.3) is 0 Å². The lowest BCUT2D eigenvalue weighted by atomic mass is 9.93. The number of piperidine rings is 1. The molecule has 1 aliphatic heterocycles. The Hall–Kier alpha value is 0.170. The molecule has 108 valence electrons. The van der Waals surface area contributed by atoms with E-state index in [0.717, 1.165) is 31.6 Å². The SMILES string of the molecule is CNCCC1CCN(CCOCC2CC2)CC1.Cl. The van der Waals surface area contributed by atoms with Crippen molar-refractivity contribution < 1.29 is 4.74 Å².